The van der Waals surface area contributed by atoms with Gasteiger partial charge in [0.15, 0.2) is 0 Å². The smallest absolute Gasteiger partial charge is 0.270 e. The first-order valence-corrected chi connectivity index (χ1v) is 10.2. The van der Waals surface area contributed by atoms with Crippen LogP contribution in [0, 0.1) is 6.92 Å². The van der Waals surface area contributed by atoms with E-state index in [1.165, 1.54) is 24.8 Å². The topological polar surface area (TPSA) is 54.5 Å². The van der Waals surface area contributed by atoms with Crippen LogP contribution in [-0.4, -0.2) is 31.1 Å². The van der Waals surface area contributed by atoms with Crippen molar-refractivity contribution in [2.24, 2.45) is 0 Å². The molecule has 2 heterocycles. The molecule has 1 amide bonds. The number of amides is 1. The highest BCUT2D eigenvalue weighted by atomic mass is 16.5. The standard InChI is InChI=1S/C24H27N3O2/c1-17-6-11-21-20(14-17)23(27-12-4-3-5-13-27)15-22(26-21)24(28)25-16-18-7-9-19(29-2)10-8-18/h6-11,14-15H,3-5,12-13,16H2,1-2H3,(H,25,28). The Morgan fingerprint density at radius 3 is 2.55 bits per heavy atom. The fourth-order valence-corrected chi connectivity index (χ4v) is 3.85. The van der Waals surface area contributed by atoms with Crippen molar-refractivity contribution < 1.29 is 9.53 Å². The number of aryl methyl sites for hydroxylation is 1. The molecule has 5 nitrogen and oxygen atoms in total. The molecule has 4 rings (SSSR count). The second kappa shape index (κ2) is 8.52. The summed E-state index contributed by atoms with van der Waals surface area (Å²) in [6.45, 7) is 4.60. The van der Waals surface area contributed by atoms with Crippen LogP contribution >= 0.6 is 0 Å². The first-order chi connectivity index (χ1) is 14.1. The molecule has 1 aromatic heterocycles. The van der Waals surface area contributed by atoms with E-state index < -0.39 is 0 Å². The zero-order chi connectivity index (χ0) is 20.2. The van der Waals surface area contributed by atoms with Gasteiger partial charge in [0, 0.05) is 30.7 Å². The number of rotatable bonds is 5. The first-order valence-electron chi connectivity index (χ1n) is 10.2. The third kappa shape index (κ3) is 4.34. The van der Waals surface area contributed by atoms with Crippen molar-refractivity contribution in [1.29, 1.82) is 0 Å². The van der Waals surface area contributed by atoms with Crippen molar-refractivity contribution in [2.75, 3.05) is 25.1 Å². The number of anilines is 1. The highest BCUT2D eigenvalue weighted by Crippen LogP contribution is 2.30. The number of piperidine rings is 1. The lowest BCUT2D eigenvalue weighted by Gasteiger charge is -2.30. The normalized spacial score (nSPS) is 14.1. The Bertz CT molecular complexity index is 1010. The average molecular weight is 389 g/mol. The maximum atomic E-state index is 12.9. The predicted octanol–water partition coefficient (Wildman–Crippen LogP) is 4.47. The number of nitrogens with zero attached hydrogens (tertiary/aromatic N) is 2. The molecule has 29 heavy (non-hydrogen) atoms. The lowest BCUT2D eigenvalue weighted by molar-refractivity contribution is 0.0946. The van der Waals surface area contributed by atoms with Crippen LogP contribution in [0.5, 0.6) is 5.75 Å². The zero-order valence-corrected chi connectivity index (χ0v) is 17.1. The number of nitrogens with one attached hydrogen (secondary N) is 1. The molecule has 1 saturated heterocycles. The van der Waals surface area contributed by atoms with E-state index in [1.54, 1.807) is 7.11 Å². The summed E-state index contributed by atoms with van der Waals surface area (Å²) in [6, 6.07) is 15.9. The van der Waals surface area contributed by atoms with E-state index in [4.69, 9.17) is 4.74 Å². The highest BCUT2D eigenvalue weighted by Gasteiger charge is 2.18. The van der Waals surface area contributed by atoms with E-state index in [1.807, 2.05) is 42.5 Å². The number of carbonyl (C=O) groups is 1. The second-order valence-corrected chi connectivity index (χ2v) is 7.63. The number of benzene rings is 2. The fraction of sp³-hybridized carbons (Fsp3) is 0.333. The molecule has 3 aromatic rings. The highest BCUT2D eigenvalue weighted by molar-refractivity contribution is 6.00. The summed E-state index contributed by atoms with van der Waals surface area (Å²) in [5, 5.41) is 4.12. The summed E-state index contributed by atoms with van der Waals surface area (Å²) in [5.41, 5.74) is 4.68. The van der Waals surface area contributed by atoms with Gasteiger partial charge in [-0.3, -0.25) is 4.79 Å². The van der Waals surface area contributed by atoms with Gasteiger partial charge in [-0.05, 0) is 62.1 Å². The predicted molar refractivity (Wildman–Crippen MR) is 117 cm³/mol. The minimum Gasteiger partial charge on any atom is -0.497 e. The van der Waals surface area contributed by atoms with E-state index in [-0.39, 0.29) is 5.91 Å². The van der Waals surface area contributed by atoms with Crippen LogP contribution in [0.25, 0.3) is 10.9 Å². The molecular formula is C24H27N3O2. The summed E-state index contributed by atoms with van der Waals surface area (Å²) >= 11 is 0. The molecule has 1 aliphatic rings. The average Bonchev–Trinajstić information content (AvgIpc) is 2.77. The van der Waals surface area contributed by atoms with Gasteiger partial charge >= 0.3 is 0 Å². The van der Waals surface area contributed by atoms with E-state index >= 15 is 0 Å². The Kier molecular flexibility index (Phi) is 5.65. The van der Waals surface area contributed by atoms with Crippen LogP contribution in [0.15, 0.2) is 48.5 Å². The van der Waals surface area contributed by atoms with Crippen LogP contribution < -0.4 is 15.0 Å². The van der Waals surface area contributed by atoms with Crippen molar-refractivity contribution >= 4 is 22.5 Å². The summed E-state index contributed by atoms with van der Waals surface area (Å²) < 4.78 is 5.18. The molecule has 0 radical (unpaired) electrons. The number of pyridine rings is 1. The van der Waals surface area contributed by atoms with Gasteiger partial charge in [0.2, 0.25) is 0 Å². The van der Waals surface area contributed by atoms with Gasteiger partial charge in [-0.25, -0.2) is 4.98 Å². The van der Waals surface area contributed by atoms with Crippen LogP contribution in [0.3, 0.4) is 0 Å². The number of aromatic nitrogens is 1. The maximum absolute atomic E-state index is 12.9. The summed E-state index contributed by atoms with van der Waals surface area (Å²) in [7, 11) is 1.64. The quantitative estimate of drug-likeness (QED) is 0.699. The zero-order valence-electron chi connectivity index (χ0n) is 17.1. The van der Waals surface area contributed by atoms with Gasteiger partial charge in [-0.1, -0.05) is 23.8 Å². The molecule has 5 heteroatoms. The van der Waals surface area contributed by atoms with Gasteiger partial charge in [-0.2, -0.15) is 0 Å². The number of ether oxygens (including phenoxy) is 1. The lowest BCUT2D eigenvalue weighted by atomic mass is 10.1. The second-order valence-electron chi connectivity index (χ2n) is 7.63. The number of fused-ring (bicyclic) bond motifs is 1. The van der Waals surface area contributed by atoms with Crippen molar-refractivity contribution in [3.05, 3.63) is 65.4 Å². The molecule has 0 saturated carbocycles. The first kappa shape index (κ1) is 19.2. The van der Waals surface area contributed by atoms with Crippen LogP contribution in [0.1, 0.15) is 40.9 Å². The van der Waals surface area contributed by atoms with Crippen molar-refractivity contribution in [3.63, 3.8) is 0 Å². The Morgan fingerprint density at radius 1 is 1.07 bits per heavy atom. The third-order valence-corrected chi connectivity index (χ3v) is 5.48. The van der Waals surface area contributed by atoms with Gasteiger partial charge in [0.05, 0.1) is 12.6 Å². The summed E-state index contributed by atoms with van der Waals surface area (Å²) in [4.78, 5) is 19.9. The summed E-state index contributed by atoms with van der Waals surface area (Å²) in [6.07, 6.45) is 3.65. The monoisotopic (exact) mass is 389 g/mol. The molecule has 1 aliphatic heterocycles. The Morgan fingerprint density at radius 2 is 1.83 bits per heavy atom. The van der Waals surface area contributed by atoms with E-state index in [2.05, 4.69) is 28.2 Å². The minimum atomic E-state index is -0.151. The Labute approximate surface area is 171 Å². The molecule has 0 aliphatic carbocycles. The SMILES string of the molecule is COc1ccc(CNC(=O)c2cc(N3CCCCC3)c3cc(C)ccc3n2)cc1. The summed E-state index contributed by atoms with van der Waals surface area (Å²) in [5.74, 6) is 0.652. The Hall–Kier alpha value is -3.08. The van der Waals surface area contributed by atoms with Crippen molar-refractivity contribution in [1.82, 2.24) is 10.3 Å². The number of hydrogen-bond acceptors (Lipinski definition) is 4. The van der Waals surface area contributed by atoms with E-state index in [0.29, 0.717) is 12.2 Å². The molecular weight excluding hydrogens is 362 g/mol. The molecule has 2 aromatic carbocycles. The van der Waals surface area contributed by atoms with Crippen molar-refractivity contribution in [3.8, 4) is 5.75 Å². The van der Waals surface area contributed by atoms with Gasteiger partial charge in [-0.15, -0.1) is 0 Å². The number of hydrogen-bond donors (Lipinski definition) is 1. The van der Waals surface area contributed by atoms with Gasteiger partial charge in [0.1, 0.15) is 11.4 Å². The molecule has 0 bridgehead atoms. The van der Waals surface area contributed by atoms with Gasteiger partial charge < -0.3 is 15.0 Å². The Balaban J connectivity index is 1.60. The van der Waals surface area contributed by atoms with E-state index in [0.717, 1.165) is 41.0 Å². The molecule has 1 N–H and O–H groups in total. The van der Waals surface area contributed by atoms with Crippen LogP contribution in [0.2, 0.25) is 0 Å². The molecule has 0 atom stereocenters. The minimum absolute atomic E-state index is 0.151. The van der Waals surface area contributed by atoms with Gasteiger partial charge in [0.25, 0.3) is 5.91 Å². The van der Waals surface area contributed by atoms with Crippen LogP contribution in [-0.2, 0) is 6.54 Å². The van der Waals surface area contributed by atoms with E-state index in [9.17, 15) is 4.79 Å². The van der Waals surface area contributed by atoms with Crippen molar-refractivity contribution in [2.45, 2.75) is 32.7 Å². The molecule has 1 fully saturated rings. The lowest BCUT2D eigenvalue weighted by Crippen LogP contribution is -2.30. The van der Waals surface area contributed by atoms with Crippen LogP contribution in [0.4, 0.5) is 5.69 Å². The maximum Gasteiger partial charge on any atom is 0.270 e. The number of methoxy groups -OCH3 is 1. The third-order valence-electron chi connectivity index (χ3n) is 5.48. The molecule has 150 valence electrons. The molecule has 0 unspecified atom stereocenters. The fourth-order valence-electron chi connectivity index (χ4n) is 3.85. The number of carbonyl (C=O) groups excluding carboxylic acids is 1. The molecule has 0 spiro atoms. The largest absolute Gasteiger partial charge is 0.497 e.